The fourth-order valence-electron chi connectivity index (χ4n) is 3.91. The van der Waals surface area contributed by atoms with E-state index in [9.17, 15) is 23.6 Å². The van der Waals surface area contributed by atoms with Crippen LogP contribution in [0.5, 0.6) is 0 Å². The molecule has 10 heteroatoms. The highest BCUT2D eigenvalue weighted by Crippen LogP contribution is 2.20. The molecule has 0 unspecified atom stereocenters. The van der Waals surface area contributed by atoms with Crippen LogP contribution in [-0.2, 0) is 19.1 Å². The molecular formula is C26H39FN4O5. The first-order valence-corrected chi connectivity index (χ1v) is 12.4. The zero-order valence-corrected chi connectivity index (χ0v) is 22.0. The summed E-state index contributed by atoms with van der Waals surface area (Å²) in [6.07, 6.45) is 0.734. The Kier molecular flexibility index (Phi) is 10.2. The van der Waals surface area contributed by atoms with Gasteiger partial charge in [0, 0.05) is 24.7 Å². The number of amides is 4. The van der Waals surface area contributed by atoms with Gasteiger partial charge in [-0.05, 0) is 77.1 Å². The number of carbonyl (C=O) groups excluding carboxylic acids is 4. The van der Waals surface area contributed by atoms with Gasteiger partial charge in [0.15, 0.2) is 0 Å². The Balaban J connectivity index is 1.87. The van der Waals surface area contributed by atoms with E-state index in [-0.39, 0.29) is 23.7 Å². The van der Waals surface area contributed by atoms with Crippen LogP contribution in [0.1, 0.15) is 60.8 Å². The average molecular weight is 507 g/mol. The van der Waals surface area contributed by atoms with Crippen LogP contribution >= 0.6 is 0 Å². The standard InChI is InChI=1S/C26H39FN4O5/c1-16(2)15-21(30-25(35)36-26(4,5)6)24(34)31-13-11-18(12-14-31)23(33)28-17(3)22(32)29-20-9-7-19(27)8-10-20/h7-10,16-18,21H,11-15H2,1-6H3,(H,28,33)(H,29,32)(H,30,35)/t17-,21-/m0/s1. The lowest BCUT2D eigenvalue weighted by Gasteiger charge is -2.34. The summed E-state index contributed by atoms with van der Waals surface area (Å²) in [7, 11) is 0. The molecule has 36 heavy (non-hydrogen) atoms. The Morgan fingerprint density at radius 3 is 2.14 bits per heavy atom. The van der Waals surface area contributed by atoms with Gasteiger partial charge in [-0.3, -0.25) is 14.4 Å². The lowest BCUT2D eigenvalue weighted by atomic mass is 9.94. The minimum atomic E-state index is -0.782. The molecule has 0 saturated carbocycles. The number of alkyl carbamates (subject to hydrolysis) is 1. The Bertz CT molecular complexity index is 921. The molecule has 1 aliphatic rings. The monoisotopic (exact) mass is 506 g/mol. The first-order chi connectivity index (χ1) is 16.7. The highest BCUT2D eigenvalue weighted by Gasteiger charge is 2.33. The van der Waals surface area contributed by atoms with Gasteiger partial charge in [-0.25, -0.2) is 9.18 Å². The molecule has 0 aromatic heterocycles. The molecule has 0 aliphatic carbocycles. The highest BCUT2D eigenvalue weighted by atomic mass is 19.1. The predicted molar refractivity (Wildman–Crippen MR) is 135 cm³/mol. The van der Waals surface area contributed by atoms with Crippen LogP contribution in [0.15, 0.2) is 24.3 Å². The first-order valence-electron chi connectivity index (χ1n) is 12.4. The fourth-order valence-corrected chi connectivity index (χ4v) is 3.91. The Labute approximate surface area is 212 Å². The summed E-state index contributed by atoms with van der Waals surface area (Å²) in [5.41, 5.74) is -0.237. The van der Waals surface area contributed by atoms with Crippen molar-refractivity contribution in [2.24, 2.45) is 11.8 Å². The Morgan fingerprint density at radius 1 is 1.03 bits per heavy atom. The molecule has 2 rings (SSSR count). The molecule has 9 nitrogen and oxygen atoms in total. The highest BCUT2D eigenvalue weighted by molar-refractivity contribution is 5.97. The predicted octanol–water partition coefficient (Wildman–Crippen LogP) is 3.45. The van der Waals surface area contributed by atoms with Gasteiger partial charge in [-0.1, -0.05) is 13.8 Å². The van der Waals surface area contributed by atoms with E-state index in [4.69, 9.17) is 4.74 Å². The third-order valence-electron chi connectivity index (χ3n) is 5.74. The molecule has 1 saturated heterocycles. The summed E-state index contributed by atoms with van der Waals surface area (Å²) in [4.78, 5) is 52.2. The van der Waals surface area contributed by atoms with Gasteiger partial charge in [-0.2, -0.15) is 0 Å². The summed E-state index contributed by atoms with van der Waals surface area (Å²) >= 11 is 0. The SMILES string of the molecule is CC(C)C[C@H](NC(=O)OC(C)(C)C)C(=O)N1CCC(C(=O)N[C@@H](C)C(=O)Nc2ccc(F)cc2)CC1. The van der Waals surface area contributed by atoms with Crippen molar-refractivity contribution in [3.8, 4) is 0 Å². The van der Waals surface area contributed by atoms with Crippen LogP contribution in [0.2, 0.25) is 0 Å². The second-order valence-electron chi connectivity index (χ2n) is 10.7. The van der Waals surface area contributed by atoms with E-state index in [1.807, 2.05) is 13.8 Å². The number of anilines is 1. The smallest absolute Gasteiger partial charge is 0.408 e. The molecule has 3 N–H and O–H groups in total. The van der Waals surface area contributed by atoms with Crippen molar-refractivity contribution in [1.29, 1.82) is 0 Å². The van der Waals surface area contributed by atoms with Crippen LogP contribution in [0.3, 0.4) is 0 Å². The largest absolute Gasteiger partial charge is 0.444 e. The summed E-state index contributed by atoms with van der Waals surface area (Å²) in [6, 6.07) is 3.87. The molecule has 1 aliphatic heterocycles. The van der Waals surface area contributed by atoms with Crippen LogP contribution in [0.4, 0.5) is 14.9 Å². The van der Waals surface area contributed by atoms with Gasteiger partial charge in [0.2, 0.25) is 17.7 Å². The zero-order chi connectivity index (χ0) is 27.0. The van der Waals surface area contributed by atoms with Gasteiger partial charge >= 0.3 is 6.09 Å². The summed E-state index contributed by atoms with van der Waals surface area (Å²) < 4.78 is 18.3. The van der Waals surface area contributed by atoms with Crippen molar-refractivity contribution in [1.82, 2.24) is 15.5 Å². The molecule has 0 bridgehead atoms. The molecule has 1 fully saturated rings. The van der Waals surface area contributed by atoms with E-state index >= 15 is 0 Å². The van der Waals surface area contributed by atoms with E-state index in [0.717, 1.165) is 0 Å². The lowest BCUT2D eigenvalue weighted by molar-refractivity contribution is -0.138. The maximum absolute atomic E-state index is 13.2. The van der Waals surface area contributed by atoms with E-state index in [0.29, 0.717) is 38.0 Å². The number of halogens is 1. The Morgan fingerprint density at radius 2 is 1.61 bits per heavy atom. The number of likely N-dealkylation sites (tertiary alicyclic amines) is 1. The number of rotatable bonds is 8. The topological polar surface area (TPSA) is 117 Å². The lowest BCUT2D eigenvalue weighted by Crippen LogP contribution is -2.53. The summed E-state index contributed by atoms with van der Waals surface area (Å²) in [6.45, 7) is 11.5. The molecule has 4 amide bonds. The van der Waals surface area contributed by atoms with Crippen LogP contribution in [0, 0.1) is 17.7 Å². The maximum Gasteiger partial charge on any atom is 0.408 e. The second kappa shape index (κ2) is 12.7. The molecule has 1 heterocycles. The number of piperidine rings is 1. The molecule has 200 valence electrons. The number of hydrogen-bond acceptors (Lipinski definition) is 5. The van der Waals surface area contributed by atoms with Crippen molar-refractivity contribution in [2.75, 3.05) is 18.4 Å². The molecular weight excluding hydrogens is 467 g/mol. The first kappa shape index (κ1) is 29.1. The summed E-state index contributed by atoms with van der Waals surface area (Å²) in [5, 5.41) is 8.06. The zero-order valence-electron chi connectivity index (χ0n) is 22.0. The molecule has 0 radical (unpaired) electrons. The number of benzene rings is 1. The van der Waals surface area contributed by atoms with E-state index in [1.165, 1.54) is 24.3 Å². The van der Waals surface area contributed by atoms with Crippen molar-refractivity contribution in [2.45, 2.75) is 78.5 Å². The van der Waals surface area contributed by atoms with Crippen LogP contribution < -0.4 is 16.0 Å². The van der Waals surface area contributed by atoms with Gasteiger partial charge in [-0.15, -0.1) is 0 Å². The maximum atomic E-state index is 13.2. The quantitative estimate of drug-likeness (QED) is 0.499. The number of carbonyl (C=O) groups is 4. The number of nitrogens with zero attached hydrogens (tertiary/aromatic N) is 1. The number of nitrogens with one attached hydrogen (secondary N) is 3. The molecule has 1 aromatic carbocycles. The van der Waals surface area contributed by atoms with Gasteiger partial charge in [0.25, 0.3) is 0 Å². The van der Waals surface area contributed by atoms with Crippen molar-refractivity contribution >= 4 is 29.5 Å². The molecule has 1 aromatic rings. The average Bonchev–Trinajstić information content (AvgIpc) is 2.78. The van der Waals surface area contributed by atoms with E-state index in [2.05, 4.69) is 16.0 Å². The van der Waals surface area contributed by atoms with Gasteiger partial charge in [0.05, 0.1) is 0 Å². The summed E-state index contributed by atoms with van der Waals surface area (Å²) in [5.74, 6) is -1.42. The minimum absolute atomic E-state index is 0.180. The minimum Gasteiger partial charge on any atom is -0.444 e. The third kappa shape index (κ3) is 9.47. The van der Waals surface area contributed by atoms with E-state index in [1.54, 1.807) is 32.6 Å². The van der Waals surface area contributed by atoms with Crippen molar-refractivity contribution < 1.29 is 28.3 Å². The molecule has 2 atom stereocenters. The molecule has 0 spiro atoms. The third-order valence-corrected chi connectivity index (χ3v) is 5.74. The number of hydrogen-bond donors (Lipinski definition) is 3. The van der Waals surface area contributed by atoms with E-state index < -0.39 is 35.5 Å². The number of ether oxygens (including phenoxy) is 1. The van der Waals surface area contributed by atoms with Crippen LogP contribution in [0.25, 0.3) is 0 Å². The second-order valence-corrected chi connectivity index (χ2v) is 10.7. The fraction of sp³-hybridized carbons (Fsp3) is 0.615. The van der Waals surface area contributed by atoms with Gasteiger partial charge in [0.1, 0.15) is 23.5 Å². The van der Waals surface area contributed by atoms with Crippen LogP contribution in [-0.4, -0.2) is 59.5 Å². The van der Waals surface area contributed by atoms with Gasteiger partial charge < -0.3 is 25.6 Å². The normalized spacial score (nSPS) is 16.2. The Hall–Kier alpha value is -3.17. The van der Waals surface area contributed by atoms with Crippen molar-refractivity contribution in [3.05, 3.63) is 30.1 Å². The van der Waals surface area contributed by atoms with Crippen molar-refractivity contribution in [3.63, 3.8) is 0 Å².